The van der Waals surface area contributed by atoms with Gasteiger partial charge < -0.3 is 10.1 Å². The van der Waals surface area contributed by atoms with Crippen LogP contribution in [-0.4, -0.2) is 19.2 Å². The van der Waals surface area contributed by atoms with Crippen molar-refractivity contribution in [3.05, 3.63) is 29.6 Å². The highest BCUT2D eigenvalue weighted by Gasteiger charge is 2.34. The maximum atomic E-state index is 12.9. The van der Waals surface area contributed by atoms with Gasteiger partial charge in [-0.3, -0.25) is 0 Å². The highest BCUT2D eigenvalue weighted by molar-refractivity contribution is 5.39. The van der Waals surface area contributed by atoms with Crippen LogP contribution in [0.25, 0.3) is 0 Å². The van der Waals surface area contributed by atoms with Gasteiger partial charge in [-0.25, -0.2) is 4.39 Å². The molecule has 76 valence electrons. The first-order chi connectivity index (χ1) is 6.63. The fourth-order valence-corrected chi connectivity index (χ4v) is 1.96. The molecule has 2 rings (SSSR count). The Morgan fingerprint density at radius 2 is 2.36 bits per heavy atom. The number of fused-ring (bicyclic) bond motifs is 1. The Morgan fingerprint density at radius 1 is 1.57 bits per heavy atom. The average molecular weight is 195 g/mol. The van der Waals surface area contributed by atoms with Gasteiger partial charge in [0.2, 0.25) is 0 Å². The molecule has 0 bridgehead atoms. The first kappa shape index (κ1) is 9.46. The van der Waals surface area contributed by atoms with Crippen LogP contribution in [0.3, 0.4) is 0 Å². The van der Waals surface area contributed by atoms with E-state index in [0.29, 0.717) is 0 Å². The van der Waals surface area contributed by atoms with Gasteiger partial charge in [-0.05, 0) is 32.2 Å². The van der Waals surface area contributed by atoms with Crippen molar-refractivity contribution >= 4 is 0 Å². The molecule has 0 aromatic heterocycles. The fraction of sp³-hybridized carbons (Fsp3) is 0.455. The molecule has 1 unspecified atom stereocenters. The van der Waals surface area contributed by atoms with E-state index in [0.717, 1.165) is 24.3 Å². The summed E-state index contributed by atoms with van der Waals surface area (Å²) in [6, 6.07) is 4.69. The number of rotatable bonds is 2. The van der Waals surface area contributed by atoms with Gasteiger partial charge in [0.05, 0.1) is 0 Å². The molecule has 1 heterocycles. The molecule has 0 saturated carbocycles. The lowest BCUT2D eigenvalue weighted by Crippen LogP contribution is -2.40. The van der Waals surface area contributed by atoms with Crippen LogP contribution in [0.15, 0.2) is 18.2 Å². The van der Waals surface area contributed by atoms with Crippen LogP contribution in [0.4, 0.5) is 4.39 Å². The Bertz CT molecular complexity index is 353. The van der Waals surface area contributed by atoms with Gasteiger partial charge in [0.15, 0.2) is 0 Å². The van der Waals surface area contributed by atoms with Crippen molar-refractivity contribution in [3.8, 4) is 5.75 Å². The zero-order chi connectivity index (χ0) is 10.2. The number of nitrogens with one attached hydrogen (secondary N) is 1. The monoisotopic (exact) mass is 195 g/mol. The zero-order valence-corrected chi connectivity index (χ0v) is 8.43. The minimum atomic E-state index is -0.231. The maximum Gasteiger partial charge on any atom is 0.123 e. The summed E-state index contributed by atoms with van der Waals surface area (Å²) in [5, 5.41) is 3.08. The van der Waals surface area contributed by atoms with Gasteiger partial charge in [0.25, 0.3) is 0 Å². The molecule has 0 saturated heterocycles. The van der Waals surface area contributed by atoms with E-state index >= 15 is 0 Å². The van der Waals surface area contributed by atoms with Crippen molar-refractivity contribution in [1.29, 1.82) is 0 Å². The third-order valence-electron chi connectivity index (χ3n) is 2.49. The van der Waals surface area contributed by atoms with Crippen molar-refractivity contribution in [2.45, 2.75) is 18.9 Å². The lowest BCUT2D eigenvalue weighted by atomic mass is 9.99. The molecular formula is C11H14FNO. The number of halogens is 1. The first-order valence-corrected chi connectivity index (χ1v) is 4.75. The molecule has 0 fully saturated rings. The second kappa shape index (κ2) is 3.24. The van der Waals surface area contributed by atoms with E-state index in [1.54, 1.807) is 12.1 Å². The Hall–Kier alpha value is -1.09. The summed E-state index contributed by atoms with van der Waals surface area (Å²) in [5.74, 6) is 0.616. The molecular weight excluding hydrogens is 181 g/mol. The molecule has 0 radical (unpaired) electrons. The van der Waals surface area contributed by atoms with E-state index in [1.165, 1.54) is 6.07 Å². The molecule has 1 aliphatic rings. The SMILES string of the molecule is CNCC1(C)Cc2cc(F)ccc2O1. The van der Waals surface area contributed by atoms with Crippen LogP contribution in [0.1, 0.15) is 12.5 Å². The van der Waals surface area contributed by atoms with Crippen molar-refractivity contribution in [2.24, 2.45) is 0 Å². The summed E-state index contributed by atoms with van der Waals surface area (Å²) in [7, 11) is 1.89. The predicted octanol–water partition coefficient (Wildman–Crippen LogP) is 1.74. The van der Waals surface area contributed by atoms with E-state index in [2.05, 4.69) is 5.32 Å². The van der Waals surface area contributed by atoms with E-state index in [1.807, 2.05) is 14.0 Å². The van der Waals surface area contributed by atoms with Crippen LogP contribution < -0.4 is 10.1 Å². The van der Waals surface area contributed by atoms with E-state index in [-0.39, 0.29) is 11.4 Å². The maximum absolute atomic E-state index is 12.9. The lowest BCUT2D eigenvalue weighted by Gasteiger charge is -2.23. The van der Waals surface area contributed by atoms with Crippen molar-refractivity contribution in [3.63, 3.8) is 0 Å². The second-order valence-electron chi connectivity index (χ2n) is 4.01. The molecule has 1 atom stereocenters. The van der Waals surface area contributed by atoms with Crippen molar-refractivity contribution < 1.29 is 9.13 Å². The van der Waals surface area contributed by atoms with Gasteiger partial charge >= 0.3 is 0 Å². The van der Waals surface area contributed by atoms with Crippen LogP contribution in [0.2, 0.25) is 0 Å². The van der Waals surface area contributed by atoms with Gasteiger partial charge in [-0.2, -0.15) is 0 Å². The van der Waals surface area contributed by atoms with Gasteiger partial charge in [0, 0.05) is 18.5 Å². The van der Waals surface area contributed by atoms with E-state index in [4.69, 9.17) is 4.74 Å². The summed E-state index contributed by atoms with van der Waals surface area (Å²) in [6.07, 6.45) is 0.765. The lowest BCUT2D eigenvalue weighted by molar-refractivity contribution is 0.117. The molecule has 1 N–H and O–H groups in total. The average Bonchev–Trinajstić information content (AvgIpc) is 2.40. The van der Waals surface area contributed by atoms with Crippen molar-refractivity contribution in [1.82, 2.24) is 5.32 Å². The minimum absolute atomic E-state index is 0.193. The van der Waals surface area contributed by atoms with Crippen molar-refractivity contribution in [2.75, 3.05) is 13.6 Å². The van der Waals surface area contributed by atoms with Gasteiger partial charge in [0.1, 0.15) is 17.2 Å². The van der Waals surface area contributed by atoms with Crippen LogP contribution in [0, 0.1) is 5.82 Å². The predicted molar refractivity (Wildman–Crippen MR) is 53.1 cm³/mol. The Morgan fingerprint density at radius 3 is 3.07 bits per heavy atom. The number of likely N-dealkylation sites (N-methyl/N-ethyl adjacent to an activating group) is 1. The Kier molecular flexibility index (Phi) is 2.19. The third-order valence-corrected chi connectivity index (χ3v) is 2.49. The summed E-state index contributed by atoms with van der Waals surface area (Å²) in [6.45, 7) is 2.80. The topological polar surface area (TPSA) is 21.3 Å². The van der Waals surface area contributed by atoms with Crippen LogP contribution >= 0.6 is 0 Å². The number of benzene rings is 1. The molecule has 0 spiro atoms. The third kappa shape index (κ3) is 1.60. The Balaban J connectivity index is 2.25. The quantitative estimate of drug-likeness (QED) is 0.776. The Labute approximate surface area is 83.1 Å². The standard InChI is InChI=1S/C11H14FNO/c1-11(7-13-2)6-8-5-9(12)3-4-10(8)14-11/h3-5,13H,6-7H2,1-2H3. The van der Waals surface area contributed by atoms with Gasteiger partial charge in [-0.1, -0.05) is 0 Å². The van der Waals surface area contributed by atoms with E-state index < -0.39 is 0 Å². The molecule has 1 aliphatic heterocycles. The molecule has 0 aliphatic carbocycles. The molecule has 0 amide bonds. The summed E-state index contributed by atoms with van der Waals surface area (Å²) in [5.41, 5.74) is 0.730. The van der Waals surface area contributed by atoms with Gasteiger partial charge in [-0.15, -0.1) is 0 Å². The summed E-state index contributed by atoms with van der Waals surface area (Å²) < 4.78 is 18.7. The molecule has 1 aromatic carbocycles. The van der Waals surface area contributed by atoms with Crippen LogP contribution in [0.5, 0.6) is 5.75 Å². The molecule has 2 nitrogen and oxygen atoms in total. The normalized spacial score (nSPS) is 24.5. The van der Waals surface area contributed by atoms with Crippen LogP contribution in [-0.2, 0) is 6.42 Å². The highest BCUT2D eigenvalue weighted by Crippen LogP contribution is 2.34. The fourth-order valence-electron chi connectivity index (χ4n) is 1.96. The van der Waals surface area contributed by atoms with E-state index in [9.17, 15) is 4.39 Å². The highest BCUT2D eigenvalue weighted by atomic mass is 19.1. The molecule has 1 aromatic rings. The number of hydrogen-bond acceptors (Lipinski definition) is 2. The molecule has 14 heavy (non-hydrogen) atoms. The molecule has 3 heteroatoms. The summed E-state index contributed by atoms with van der Waals surface area (Å²) in [4.78, 5) is 0. The number of hydrogen-bond donors (Lipinski definition) is 1. The zero-order valence-electron chi connectivity index (χ0n) is 8.43. The first-order valence-electron chi connectivity index (χ1n) is 4.75. The number of ether oxygens (including phenoxy) is 1. The summed E-state index contributed by atoms with van der Waals surface area (Å²) >= 11 is 0. The largest absolute Gasteiger partial charge is 0.486 e. The second-order valence-corrected chi connectivity index (χ2v) is 4.01. The smallest absolute Gasteiger partial charge is 0.123 e. The minimum Gasteiger partial charge on any atom is -0.486 e.